The highest BCUT2D eigenvalue weighted by molar-refractivity contribution is 6.30. The Balaban J connectivity index is 2.27. The third-order valence-corrected chi connectivity index (χ3v) is 2.95. The van der Waals surface area contributed by atoms with Crippen molar-refractivity contribution in [1.29, 1.82) is 0 Å². The van der Waals surface area contributed by atoms with Crippen molar-refractivity contribution in [2.75, 3.05) is 11.2 Å². The van der Waals surface area contributed by atoms with E-state index in [0.29, 0.717) is 10.9 Å². The quantitative estimate of drug-likeness (QED) is 0.501. The van der Waals surface area contributed by atoms with E-state index in [-0.39, 0.29) is 5.88 Å². The number of para-hydroxylation sites is 2. The van der Waals surface area contributed by atoms with Crippen LogP contribution in [0.1, 0.15) is 0 Å². The largest absolute Gasteiger partial charge is 0.386 e. The van der Waals surface area contributed by atoms with Crippen LogP contribution in [0.5, 0.6) is 0 Å². The first-order chi connectivity index (χ1) is 9.19. The van der Waals surface area contributed by atoms with Gasteiger partial charge in [-0.1, -0.05) is 23.7 Å². The van der Waals surface area contributed by atoms with Crippen LogP contribution in [-0.2, 0) is 0 Å². The van der Waals surface area contributed by atoms with Gasteiger partial charge in [0, 0.05) is 10.7 Å². The topological polar surface area (TPSA) is 50.4 Å². The highest BCUT2D eigenvalue weighted by Crippen LogP contribution is 2.28. The first-order valence-electron chi connectivity index (χ1n) is 5.69. The molecule has 19 heavy (non-hydrogen) atoms. The average Bonchev–Trinajstić information content (AvgIpc) is 2.43. The Morgan fingerprint density at radius 1 is 1.11 bits per heavy atom. The molecule has 0 aliphatic carbocycles. The van der Waals surface area contributed by atoms with Gasteiger partial charge in [0.25, 0.3) is 0 Å². The fraction of sp³-hybridized carbons (Fsp3) is 0.0714. The molecular weight excluding hydrogens is 281 g/mol. The van der Waals surface area contributed by atoms with Crippen molar-refractivity contribution < 1.29 is 0 Å². The van der Waals surface area contributed by atoms with Crippen LogP contribution in [0.3, 0.4) is 0 Å². The van der Waals surface area contributed by atoms with Crippen LogP contribution >= 0.6 is 23.2 Å². The second kappa shape index (κ2) is 6.45. The number of nitrogens with zero attached hydrogens (tertiary/aromatic N) is 1. The van der Waals surface area contributed by atoms with Crippen molar-refractivity contribution in [2.24, 2.45) is 10.7 Å². The Morgan fingerprint density at radius 2 is 1.79 bits per heavy atom. The van der Waals surface area contributed by atoms with Crippen LogP contribution in [0, 0.1) is 0 Å². The molecule has 0 heterocycles. The van der Waals surface area contributed by atoms with Gasteiger partial charge in [0.1, 0.15) is 5.84 Å². The van der Waals surface area contributed by atoms with E-state index in [2.05, 4.69) is 10.3 Å². The number of amidine groups is 1. The maximum Gasteiger partial charge on any atom is 0.115 e. The number of hydrogen-bond acceptors (Lipinski definition) is 2. The summed E-state index contributed by atoms with van der Waals surface area (Å²) in [6.45, 7) is 0. The molecule has 0 saturated carbocycles. The standard InChI is InChI=1S/C14H13Cl2N3/c15-9-14(17)19-13-4-2-1-3-12(13)18-11-7-5-10(16)6-8-11/h1-8,18H,9H2,(H2,17,19). The van der Waals surface area contributed by atoms with Gasteiger partial charge in [-0.05, 0) is 36.4 Å². The number of hydrogen-bond donors (Lipinski definition) is 2. The average molecular weight is 294 g/mol. The fourth-order valence-corrected chi connectivity index (χ4v) is 1.74. The van der Waals surface area contributed by atoms with E-state index in [0.717, 1.165) is 17.1 Å². The Kier molecular flexibility index (Phi) is 4.66. The molecular formula is C14H13Cl2N3. The summed E-state index contributed by atoms with van der Waals surface area (Å²) in [5.41, 5.74) is 8.19. The predicted molar refractivity (Wildman–Crippen MR) is 83.2 cm³/mol. The summed E-state index contributed by atoms with van der Waals surface area (Å²) >= 11 is 11.5. The highest BCUT2D eigenvalue weighted by atomic mass is 35.5. The fourth-order valence-electron chi connectivity index (χ4n) is 1.55. The summed E-state index contributed by atoms with van der Waals surface area (Å²) in [6.07, 6.45) is 0. The van der Waals surface area contributed by atoms with E-state index in [1.54, 1.807) is 0 Å². The minimum absolute atomic E-state index is 0.204. The van der Waals surface area contributed by atoms with Gasteiger partial charge < -0.3 is 11.1 Å². The Morgan fingerprint density at radius 3 is 2.47 bits per heavy atom. The Labute approximate surface area is 122 Å². The van der Waals surface area contributed by atoms with Crippen LogP contribution in [0.25, 0.3) is 0 Å². The molecule has 2 aromatic rings. The molecule has 0 bridgehead atoms. The van der Waals surface area contributed by atoms with Crippen molar-refractivity contribution in [2.45, 2.75) is 0 Å². The monoisotopic (exact) mass is 293 g/mol. The van der Waals surface area contributed by atoms with Crippen LogP contribution in [-0.4, -0.2) is 11.7 Å². The summed E-state index contributed by atoms with van der Waals surface area (Å²) < 4.78 is 0. The third-order valence-electron chi connectivity index (χ3n) is 2.43. The maximum absolute atomic E-state index is 5.85. The van der Waals surface area contributed by atoms with Crippen LogP contribution < -0.4 is 11.1 Å². The number of halogens is 2. The Hall–Kier alpha value is -1.71. The first kappa shape index (κ1) is 13.7. The van der Waals surface area contributed by atoms with Gasteiger partial charge >= 0.3 is 0 Å². The molecule has 0 aliphatic heterocycles. The normalized spacial score (nSPS) is 11.4. The third kappa shape index (κ3) is 3.88. The number of aliphatic imine (C=N–C) groups is 1. The zero-order valence-corrected chi connectivity index (χ0v) is 11.6. The molecule has 0 aromatic heterocycles. The van der Waals surface area contributed by atoms with Crippen LogP contribution in [0.15, 0.2) is 53.5 Å². The first-order valence-corrected chi connectivity index (χ1v) is 6.61. The molecule has 5 heteroatoms. The zero-order valence-electron chi connectivity index (χ0n) is 10.1. The number of nitrogens with one attached hydrogen (secondary N) is 1. The molecule has 0 atom stereocenters. The minimum atomic E-state index is 0.204. The molecule has 3 nitrogen and oxygen atoms in total. The molecule has 3 N–H and O–H groups in total. The number of anilines is 2. The molecule has 0 saturated heterocycles. The number of alkyl halides is 1. The smallest absolute Gasteiger partial charge is 0.115 e. The molecule has 2 rings (SSSR count). The van der Waals surface area contributed by atoms with Gasteiger partial charge in [0.15, 0.2) is 0 Å². The number of benzene rings is 2. The van der Waals surface area contributed by atoms with Gasteiger partial charge in [0.2, 0.25) is 0 Å². The van der Waals surface area contributed by atoms with Crippen LogP contribution in [0.4, 0.5) is 17.1 Å². The molecule has 0 fully saturated rings. The molecule has 0 aliphatic rings. The van der Waals surface area contributed by atoms with E-state index >= 15 is 0 Å². The van der Waals surface area contributed by atoms with E-state index in [4.69, 9.17) is 28.9 Å². The van der Waals surface area contributed by atoms with Gasteiger partial charge in [0.05, 0.1) is 17.3 Å². The zero-order chi connectivity index (χ0) is 13.7. The van der Waals surface area contributed by atoms with Crippen molar-refractivity contribution >= 4 is 46.1 Å². The van der Waals surface area contributed by atoms with Crippen molar-refractivity contribution in [3.05, 3.63) is 53.6 Å². The van der Waals surface area contributed by atoms with Crippen LogP contribution in [0.2, 0.25) is 5.02 Å². The van der Waals surface area contributed by atoms with E-state index in [1.165, 1.54) is 0 Å². The van der Waals surface area contributed by atoms with E-state index in [9.17, 15) is 0 Å². The summed E-state index contributed by atoms with van der Waals surface area (Å²) in [6, 6.07) is 15.1. The lowest BCUT2D eigenvalue weighted by Crippen LogP contribution is -2.12. The highest BCUT2D eigenvalue weighted by Gasteiger charge is 2.02. The van der Waals surface area contributed by atoms with E-state index < -0.39 is 0 Å². The van der Waals surface area contributed by atoms with Crippen molar-refractivity contribution in [3.63, 3.8) is 0 Å². The summed E-state index contributed by atoms with van der Waals surface area (Å²) in [4.78, 5) is 4.27. The van der Waals surface area contributed by atoms with E-state index in [1.807, 2.05) is 48.5 Å². The molecule has 0 unspecified atom stereocenters. The molecule has 0 spiro atoms. The summed E-state index contributed by atoms with van der Waals surface area (Å²) in [7, 11) is 0. The maximum atomic E-state index is 5.85. The van der Waals surface area contributed by atoms with Crippen molar-refractivity contribution in [1.82, 2.24) is 0 Å². The van der Waals surface area contributed by atoms with Crippen molar-refractivity contribution in [3.8, 4) is 0 Å². The number of nitrogens with two attached hydrogens (primary N) is 1. The second-order valence-corrected chi connectivity index (χ2v) is 4.59. The van der Waals surface area contributed by atoms with Gasteiger partial charge in [-0.3, -0.25) is 0 Å². The Bertz CT molecular complexity index is 579. The van der Waals surface area contributed by atoms with Gasteiger partial charge in [-0.25, -0.2) is 4.99 Å². The molecule has 0 radical (unpaired) electrons. The summed E-state index contributed by atoms with van der Waals surface area (Å²) in [5.74, 6) is 0.585. The minimum Gasteiger partial charge on any atom is -0.386 e. The van der Waals surface area contributed by atoms with Gasteiger partial charge in [-0.15, -0.1) is 11.6 Å². The lowest BCUT2D eigenvalue weighted by molar-refractivity contribution is 1.43. The predicted octanol–water partition coefficient (Wildman–Crippen LogP) is 4.31. The SMILES string of the molecule is NC(CCl)=Nc1ccccc1Nc1ccc(Cl)cc1. The lowest BCUT2D eigenvalue weighted by atomic mass is 10.2. The molecule has 98 valence electrons. The molecule has 2 aromatic carbocycles. The second-order valence-electron chi connectivity index (χ2n) is 3.89. The lowest BCUT2D eigenvalue weighted by Gasteiger charge is -2.09. The van der Waals surface area contributed by atoms with Gasteiger partial charge in [-0.2, -0.15) is 0 Å². The molecule has 0 amide bonds. The summed E-state index contributed by atoms with van der Waals surface area (Å²) in [5, 5.41) is 3.96. The number of rotatable bonds is 4.